The van der Waals surface area contributed by atoms with Crippen LogP contribution in [0.5, 0.6) is 0 Å². The van der Waals surface area contributed by atoms with Crippen LogP contribution in [0.1, 0.15) is 5.56 Å². The predicted molar refractivity (Wildman–Crippen MR) is 73.3 cm³/mol. The van der Waals surface area contributed by atoms with E-state index in [4.69, 9.17) is 4.74 Å². The van der Waals surface area contributed by atoms with Crippen LogP contribution in [0.2, 0.25) is 0 Å². The molecule has 0 aromatic carbocycles. The van der Waals surface area contributed by atoms with Crippen molar-refractivity contribution in [2.24, 2.45) is 10.1 Å². The zero-order valence-corrected chi connectivity index (χ0v) is 11.5. The number of rotatable bonds is 3. The summed E-state index contributed by atoms with van der Waals surface area (Å²) in [7, 11) is 0. The van der Waals surface area contributed by atoms with E-state index in [0.29, 0.717) is 13.1 Å². The van der Waals surface area contributed by atoms with Gasteiger partial charge in [0, 0.05) is 12.3 Å². The molecule has 0 amide bonds. The molecule has 11 heteroatoms. The summed E-state index contributed by atoms with van der Waals surface area (Å²) in [4.78, 5) is 31.2. The number of aromatic amines is 2. The van der Waals surface area contributed by atoms with Gasteiger partial charge in [-0.2, -0.15) is 18.3 Å². The zero-order valence-electron chi connectivity index (χ0n) is 11.5. The van der Waals surface area contributed by atoms with Crippen LogP contribution in [0.4, 0.5) is 13.2 Å². The first-order valence-electron chi connectivity index (χ1n) is 6.48. The van der Waals surface area contributed by atoms with Gasteiger partial charge in [-0.15, -0.1) is 0 Å². The lowest BCUT2D eigenvalue weighted by Gasteiger charge is -2.23. The molecular weight excluding hydrogens is 319 g/mol. The van der Waals surface area contributed by atoms with Crippen molar-refractivity contribution in [1.29, 1.82) is 0 Å². The van der Waals surface area contributed by atoms with Crippen molar-refractivity contribution < 1.29 is 17.9 Å². The van der Waals surface area contributed by atoms with Gasteiger partial charge in [0.25, 0.3) is 5.56 Å². The predicted octanol–water partition coefficient (Wildman–Crippen LogP) is -0.0422. The van der Waals surface area contributed by atoms with Crippen molar-refractivity contribution >= 4 is 11.5 Å². The number of ether oxygens (including phenoxy) is 1. The van der Waals surface area contributed by atoms with Gasteiger partial charge in [-0.05, 0) is 0 Å². The van der Waals surface area contributed by atoms with Gasteiger partial charge in [0.1, 0.15) is 5.71 Å². The molecule has 3 rings (SSSR count). The van der Waals surface area contributed by atoms with Crippen LogP contribution in [-0.2, 0) is 4.74 Å². The molecule has 0 unspecified atom stereocenters. The van der Waals surface area contributed by atoms with Crippen molar-refractivity contribution in [2.75, 3.05) is 19.7 Å². The first kappa shape index (κ1) is 15.1. The van der Waals surface area contributed by atoms with Crippen LogP contribution in [0, 0.1) is 0 Å². The number of nitrogens with one attached hydrogen (secondary N) is 2. The number of hydrogen-bond acceptors (Lipinski definition) is 6. The fourth-order valence-corrected chi connectivity index (χ4v) is 2.09. The maximum Gasteiger partial charge on any atom is 0.422 e. The molecule has 0 radical (unpaired) electrons. The second kappa shape index (κ2) is 5.41. The van der Waals surface area contributed by atoms with E-state index in [0.717, 1.165) is 6.20 Å². The highest BCUT2D eigenvalue weighted by atomic mass is 19.4. The Labute approximate surface area is 126 Å². The Bertz CT molecular complexity index is 833. The van der Waals surface area contributed by atoms with Crippen molar-refractivity contribution in [3.63, 3.8) is 0 Å². The lowest BCUT2D eigenvalue weighted by atomic mass is 10.1. The van der Waals surface area contributed by atoms with Gasteiger partial charge < -0.3 is 9.72 Å². The number of alkyl halides is 3. The Morgan fingerprint density at radius 1 is 1.35 bits per heavy atom. The third kappa shape index (κ3) is 3.17. The lowest BCUT2D eigenvalue weighted by molar-refractivity contribution is -0.163. The molecule has 0 fully saturated rings. The monoisotopic (exact) mass is 329 g/mol. The average Bonchev–Trinajstić information content (AvgIpc) is 2.92. The first-order chi connectivity index (χ1) is 10.8. The molecule has 1 aromatic rings. The Kier molecular flexibility index (Phi) is 3.54. The highest BCUT2D eigenvalue weighted by molar-refractivity contribution is 6.15. The number of halogens is 3. The third-order valence-electron chi connectivity index (χ3n) is 3.02. The summed E-state index contributed by atoms with van der Waals surface area (Å²) in [5.74, 6) is 0.0503. The number of amidine groups is 1. The van der Waals surface area contributed by atoms with E-state index < -0.39 is 24.0 Å². The minimum atomic E-state index is -4.50. The number of allylic oxidation sites excluding steroid dienone is 1. The quantitative estimate of drug-likeness (QED) is 0.812. The number of aliphatic imine (C=N–C) groups is 1. The van der Waals surface area contributed by atoms with E-state index in [1.807, 2.05) is 4.98 Å². The fourth-order valence-electron chi connectivity index (χ4n) is 2.09. The van der Waals surface area contributed by atoms with E-state index in [1.165, 1.54) is 11.1 Å². The van der Waals surface area contributed by atoms with Gasteiger partial charge in [-0.1, -0.05) is 0 Å². The second-order valence-corrected chi connectivity index (χ2v) is 4.71. The molecule has 2 aliphatic rings. The van der Waals surface area contributed by atoms with E-state index in [2.05, 4.69) is 15.1 Å². The molecule has 2 N–H and O–H groups in total. The standard InChI is InChI=1S/C12H10F3N5O3/c13-12(14,15)5-23-8-3-7(19-20-2-1-16-9(8)20)6-4-17-11(22)18-10(6)21/h3-4H,1-2,5H2,(H2,17,18,21,22). The maximum absolute atomic E-state index is 12.4. The number of fused-ring (bicyclic) bond motifs is 1. The summed E-state index contributed by atoms with van der Waals surface area (Å²) in [6.07, 6.45) is -2.18. The van der Waals surface area contributed by atoms with Gasteiger partial charge in [0.2, 0.25) is 0 Å². The largest absolute Gasteiger partial charge is 0.480 e. The van der Waals surface area contributed by atoms with Gasteiger partial charge >= 0.3 is 11.9 Å². The number of aromatic nitrogens is 2. The number of nitrogens with zero attached hydrogens (tertiary/aromatic N) is 3. The molecule has 0 saturated heterocycles. The summed E-state index contributed by atoms with van der Waals surface area (Å²) >= 11 is 0. The summed E-state index contributed by atoms with van der Waals surface area (Å²) < 4.78 is 41.8. The van der Waals surface area contributed by atoms with Crippen molar-refractivity contribution in [2.45, 2.75) is 6.18 Å². The Morgan fingerprint density at radius 3 is 2.83 bits per heavy atom. The van der Waals surface area contributed by atoms with Gasteiger partial charge in [0.05, 0.1) is 18.7 Å². The number of hydrogen-bond donors (Lipinski definition) is 2. The van der Waals surface area contributed by atoms with E-state index in [9.17, 15) is 22.8 Å². The number of hydrazone groups is 1. The molecule has 0 aliphatic carbocycles. The van der Waals surface area contributed by atoms with Crippen molar-refractivity contribution in [3.8, 4) is 0 Å². The van der Waals surface area contributed by atoms with Crippen molar-refractivity contribution in [3.05, 3.63) is 44.4 Å². The molecular formula is C12H10F3N5O3. The van der Waals surface area contributed by atoms with E-state index in [-0.39, 0.29) is 22.9 Å². The molecule has 1 aromatic heterocycles. The van der Waals surface area contributed by atoms with Crippen LogP contribution >= 0.6 is 0 Å². The van der Waals surface area contributed by atoms with Gasteiger partial charge in [-0.25, -0.2) is 9.80 Å². The molecule has 122 valence electrons. The van der Waals surface area contributed by atoms with E-state index in [1.54, 1.807) is 0 Å². The molecule has 3 heterocycles. The van der Waals surface area contributed by atoms with E-state index >= 15 is 0 Å². The normalized spacial score (nSPS) is 17.3. The molecule has 0 saturated carbocycles. The Morgan fingerprint density at radius 2 is 2.13 bits per heavy atom. The molecule has 8 nitrogen and oxygen atoms in total. The Balaban J connectivity index is 1.97. The topological polar surface area (TPSA) is 103 Å². The summed E-state index contributed by atoms with van der Waals surface area (Å²) in [5.41, 5.74) is -1.33. The minimum absolute atomic E-state index is 0.00339. The van der Waals surface area contributed by atoms with Gasteiger partial charge in [0.15, 0.2) is 18.2 Å². The third-order valence-corrected chi connectivity index (χ3v) is 3.02. The van der Waals surface area contributed by atoms with Gasteiger partial charge in [-0.3, -0.25) is 14.8 Å². The molecule has 2 aliphatic heterocycles. The molecule has 23 heavy (non-hydrogen) atoms. The van der Waals surface area contributed by atoms with Crippen LogP contribution in [0.15, 0.2) is 37.7 Å². The highest BCUT2D eigenvalue weighted by Gasteiger charge is 2.33. The minimum Gasteiger partial charge on any atom is -0.480 e. The van der Waals surface area contributed by atoms with Crippen LogP contribution in [0.3, 0.4) is 0 Å². The number of H-pyrrole nitrogens is 2. The molecule has 0 bridgehead atoms. The second-order valence-electron chi connectivity index (χ2n) is 4.71. The Hall–Kier alpha value is -2.85. The first-order valence-corrected chi connectivity index (χ1v) is 6.48. The smallest absolute Gasteiger partial charge is 0.422 e. The SMILES string of the molecule is O=c1[nH]cc(C2=NN3CCN=C3C(OCC(F)(F)F)=C2)c(=O)[nH]1. The van der Waals surface area contributed by atoms with Crippen molar-refractivity contribution in [1.82, 2.24) is 15.0 Å². The van der Waals surface area contributed by atoms with Crippen LogP contribution in [0.25, 0.3) is 0 Å². The average molecular weight is 329 g/mol. The fraction of sp³-hybridized carbons (Fsp3) is 0.333. The van der Waals surface area contributed by atoms with Crippen LogP contribution < -0.4 is 11.2 Å². The highest BCUT2D eigenvalue weighted by Crippen LogP contribution is 2.22. The lowest BCUT2D eigenvalue weighted by Crippen LogP contribution is -2.34. The summed E-state index contributed by atoms with van der Waals surface area (Å²) in [5, 5.41) is 5.49. The molecule has 0 spiro atoms. The zero-order chi connectivity index (χ0) is 16.6. The maximum atomic E-state index is 12.4. The van der Waals surface area contributed by atoms with Crippen LogP contribution in [-0.4, -0.2) is 52.4 Å². The molecule has 0 atom stereocenters. The summed E-state index contributed by atoms with van der Waals surface area (Å²) in [6.45, 7) is -0.783. The summed E-state index contributed by atoms with van der Waals surface area (Å²) in [6, 6.07) is 0.